The Morgan fingerprint density at radius 1 is 1.42 bits per heavy atom. The molecule has 3 heteroatoms. The van der Waals surface area contributed by atoms with E-state index in [0.717, 1.165) is 36.2 Å². The molecule has 1 atom stereocenters. The number of allylic oxidation sites excluding steroid dienone is 1. The molecular weight excluding hydrogens is 302 g/mol. The van der Waals surface area contributed by atoms with E-state index in [-0.39, 0.29) is 6.10 Å². The van der Waals surface area contributed by atoms with Crippen LogP contribution in [-0.2, 0) is 6.54 Å². The van der Waals surface area contributed by atoms with Gasteiger partial charge in [-0.05, 0) is 62.1 Å². The molecular formula is C16H22BrNO. The van der Waals surface area contributed by atoms with Crippen molar-refractivity contribution in [1.82, 2.24) is 5.32 Å². The summed E-state index contributed by atoms with van der Waals surface area (Å²) in [5, 5.41) is 3.42. The number of halogens is 1. The van der Waals surface area contributed by atoms with Crippen molar-refractivity contribution in [3.8, 4) is 5.75 Å². The van der Waals surface area contributed by atoms with Crippen molar-refractivity contribution >= 4 is 15.9 Å². The Balaban J connectivity index is 1.98. The van der Waals surface area contributed by atoms with Crippen LogP contribution in [0.4, 0.5) is 0 Å². The molecule has 0 spiro atoms. The van der Waals surface area contributed by atoms with Gasteiger partial charge in [0.25, 0.3) is 0 Å². The molecule has 0 heterocycles. The number of ether oxygens (including phenoxy) is 1. The topological polar surface area (TPSA) is 21.3 Å². The minimum Gasteiger partial charge on any atom is -0.486 e. The second kappa shape index (κ2) is 7.71. The van der Waals surface area contributed by atoms with Crippen LogP contribution in [0.2, 0.25) is 0 Å². The van der Waals surface area contributed by atoms with Gasteiger partial charge in [0.05, 0.1) is 0 Å². The van der Waals surface area contributed by atoms with Gasteiger partial charge in [0.2, 0.25) is 0 Å². The van der Waals surface area contributed by atoms with E-state index in [4.69, 9.17) is 4.74 Å². The minimum absolute atomic E-state index is 0.242. The molecule has 0 aromatic heterocycles. The highest BCUT2D eigenvalue weighted by Gasteiger charge is 2.10. The molecule has 2 rings (SSSR count). The summed E-state index contributed by atoms with van der Waals surface area (Å²) in [5.41, 5.74) is 1.26. The van der Waals surface area contributed by atoms with Crippen LogP contribution in [0.5, 0.6) is 5.75 Å². The Bertz CT molecular complexity index is 431. The Morgan fingerprint density at radius 2 is 2.32 bits per heavy atom. The summed E-state index contributed by atoms with van der Waals surface area (Å²) < 4.78 is 7.16. The average molecular weight is 324 g/mol. The third kappa shape index (κ3) is 4.66. The fraction of sp³-hybridized carbons (Fsp3) is 0.500. The maximum atomic E-state index is 6.02. The smallest absolute Gasteiger partial charge is 0.120 e. The van der Waals surface area contributed by atoms with Gasteiger partial charge in [-0.25, -0.2) is 0 Å². The highest BCUT2D eigenvalue weighted by molar-refractivity contribution is 9.10. The van der Waals surface area contributed by atoms with Gasteiger partial charge in [-0.2, -0.15) is 0 Å². The van der Waals surface area contributed by atoms with E-state index < -0.39 is 0 Å². The van der Waals surface area contributed by atoms with Crippen LogP contribution in [0.25, 0.3) is 0 Å². The Kier molecular flexibility index (Phi) is 5.93. The zero-order valence-electron chi connectivity index (χ0n) is 11.5. The third-order valence-corrected chi connectivity index (χ3v) is 4.03. The molecule has 0 radical (unpaired) electrons. The van der Waals surface area contributed by atoms with E-state index in [1.54, 1.807) is 0 Å². The van der Waals surface area contributed by atoms with Crippen molar-refractivity contribution in [3.05, 3.63) is 40.4 Å². The van der Waals surface area contributed by atoms with E-state index in [9.17, 15) is 0 Å². The first-order valence-corrected chi connectivity index (χ1v) is 7.91. The second-order valence-electron chi connectivity index (χ2n) is 4.95. The lowest BCUT2D eigenvalue weighted by Gasteiger charge is -2.19. The molecule has 0 fully saturated rings. The first-order chi connectivity index (χ1) is 9.29. The molecule has 0 saturated heterocycles. The molecule has 0 saturated carbocycles. The van der Waals surface area contributed by atoms with E-state index in [1.165, 1.54) is 18.4 Å². The van der Waals surface area contributed by atoms with Gasteiger partial charge in [0.15, 0.2) is 0 Å². The summed E-state index contributed by atoms with van der Waals surface area (Å²) in [5.74, 6) is 0.966. The molecule has 0 aliphatic heterocycles. The van der Waals surface area contributed by atoms with Crippen LogP contribution >= 0.6 is 15.9 Å². The minimum atomic E-state index is 0.242. The van der Waals surface area contributed by atoms with E-state index >= 15 is 0 Å². The summed E-state index contributed by atoms with van der Waals surface area (Å²) in [6.07, 6.45) is 9.33. The summed E-state index contributed by atoms with van der Waals surface area (Å²) in [4.78, 5) is 0. The maximum Gasteiger partial charge on any atom is 0.120 e. The molecule has 19 heavy (non-hydrogen) atoms. The van der Waals surface area contributed by atoms with Gasteiger partial charge in [0, 0.05) is 11.0 Å². The first kappa shape index (κ1) is 14.6. The van der Waals surface area contributed by atoms with Gasteiger partial charge < -0.3 is 10.1 Å². The normalized spacial score (nSPS) is 18.5. The van der Waals surface area contributed by atoms with E-state index in [1.807, 2.05) is 6.07 Å². The van der Waals surface area contributed by atoms with Crippen LogP contribution in [0, 0.1) is 0 Å². The maximum absolute atomic E-state index is 6.02. The predicted molar refractivity (Wildman–Crippen MR) is 83.5 cm³/mol. The van der Waals surface area contributed by atoms with Crippen LogP contribution in [0.3, 0.4) is 0 Å². The van der Waals surface area contributed by atoms with Crippen molar-refractivity contribution in [2.24, 2.45) is 0 Å². The lowest BCUT2D eigenvalue weighted by atomic mass is 10.1. The number of benzene rings is 1. The van der Waals surface area contributed by atoms with Gasteiger partial charge in [-0.1, -0.05) is 28.9 Å². The van der Waals surface area contributed by atoms with Crippen LogP contribution in [-0.4, -0.2) is 12.6 Å². The van der Waals surface area contributed by atoms with Gasteiger partial charge in [0.1, 0.15) is 11.9 Å². The zero-order valence-corrected chi connectivity index (χ0v) is 13.1. The summed E-state index contributed by atoms with van der Waals surface area (Å²) in [6, 6.07) is 6.25. The van der Waals surface area contributed by atoms with Crippen molar-refractivity contribution in [3.63, 3.8) is 0 Å². The van der Waals surface area contributed by atoms with Gasteiger partial charge in [-0.15, -0.1) is 0 Å². The van der Waals surface area contributed by atoms with E-state index in [2.05, 4.69) is 52.5 Å². The van der Waals surface area contributed by atoms with Gasteiger partial charge >= 0.3 is 0 Å². The quantitative estimate of drug-likeness (QED) is 0.617. The molecule has 1 aromatic carbocycles. The molecule has 2 nitrogen and oxygen atoms in total. The van der Waals surface area contributed by atoms with Crippen LogP contribution < -0.4 is 10.1 Å². The molecule has 0 bridgehead atoms. The lowest BCUT2D eigenvalue weighted by molar-refractivity contribution is 0.229. The van der Waals surface area contributed by atoms with Crippen LogP contribution in [0.15, 0.2) is 34.8 Å². The molecule has 1 aromatic rings. The monoisotopic (exact) mass is 323 g/mol. The highest BCUT2D eigenvalue weighted by atomic mass is 79.9. The van der Waals surface area contributed by atoms with Crippen molar-refractivity contribution in [2.75, 3.05) is 6.54 Å². The Labute approximate surface area is 124 Å². The van der Waals surface area contributed by atoms with Crippen molar-refractivity contribution in [1.29, 1.82) is 0 Å². The molecule has 1 aliphatic rings. The third-order valence-electron chi connectivity index (χ3n) is 3.26. The van der Waals surface area contributed by atoms with Crippen molar-refractivity contribution in [2.45, 2.75) is 45.3 Å². The Morgan fingerprint density at radius 3 is 3.05 bits per heavy atom. The van der Waals surface area contributed by atoms with Crippen molar-refractivity contribution < 1.29 is 4.74 Å². The number of rotatable bonds is 6. The summed E-state index contributed by atoms with van der Waals surface area (Å²) in [6.45, 7) is 4.10. The highest BCUT2D eigenvalue weighted by Crippen LogP contribution is 2.25. The van der Waals surface area contributed by atoms with Crippen LogP contribution in [0.1, 0.15) is 38.2 Å². The predicted octanol–water partition coefficient (Wildman–Crippen LogP) is 4.44. The van der Waals surface area contributed by atoms with E-state index in [0.29, 0.717) is 0 Å². The Hall–Kier alpha value is -0.800. The standard InChI is InChI=1S/C16H22BrNO/c1-2-10-18-12-13-11-15(8-9-16(13)17)19-14-6-4-3-5-7-14/h4,6,8-9,11,14,18H,2-3,5,7,10,12H2,1H3. The number of hydrogen-bond acceptors (Lipinski definition) is 2. The molecule has 1 aliphatic carbocycles. The average Bonchev–Trinajstić information content (AvgIpc) is 2.44. The largest absolute Gasteiger partial charge is 0.486 e. The summed E-state index contributed by atoms with van der Waals surface area (Å²) in [7, 11) is 0. The first-order valence-electron chi connectivity index (χ1n) is 7.12. The molecule has 1 unspecified atom stereocenters. The SMILES string of the molecule is CCCNCc1cc(OC2C=CCCC2)ccc1Br. The zero-order chi connectivity index (χ0) is 13.5. The molecule has 0 amide bonds. The fourth-order valence-corrected chi connectivity index (χ4v) is 2.60. The van der Waals surface area contributed by atoms with Gasteiger partial charge in [-0.3, -0.25) is 0 Å². The number of nitrogens with one attached hydrogen (secondary N) is 1. The fourth-order valence-electron chi connectivity index (χ4n) is 2.21. The molecule has 104 valence electrons. The lowest BCUT2D eigenvalue weighted by Crippen LogP contribution is -2.17. The number of hydrogen-bond donors (Lipinski definition) is 1. The second-order valence-corrected chi connectivity index (χ2v) is 5.80. The molecule has 1 N–H and O–H groups in total. The summed E-state index contributed by atoms with van der Waals surface area (Å²) >= 11 is 3.60.